The number of fused-ring (bicyclic) bond motifs is 2. The molecule has 4 nitrogen and oxygen atoms in total. The van der Waals surface area contributed by atoms with Gasteiger partial charge >= 0.3 is 0 Å². The SMILES string of the molecule is CC.CC.CC(C)CN1C(C)C[N+]2(C(C)C)CC1C2.CNC1CCN(CC(C)C)CC1. The Bertz CT molecular complexity index is 419. The van der Waals surface area contributed by atoms with E-state index in [-0.39, 0.29) is 0 Å². The van der Waals surface area contributed by atoms with Gasteiger partial charge in [-0.3, -0.25) is 4.90 Å². The lowest BCUT2D eigenvalue weighted by Crippen LogP contribution is -2.81. The predicted molar refractivity (Wildman–Crippen MR) is 141 cm³/mol. The largest absolute Gasteiger partial charge is 0.317 e. The molecule has 31 heavy (non-hydrogen) atoms. The Morgan fingerprint density at radius 1 is 0.806 bits per heavy atom. The molecule has 2 bridgehead atoms. The van der Waals surface area contributed by atoms with Crippen LogP contribution >= 0.6 is 0 Å². The van der Waals surface area contributed by atoms with Gasteiger partial charge in [-0.1, -0.05) is 55.4 Å². The summed E-state index contributed by atoms with van der Waals surface area (Å²) in [4.78, 5) is 5.34. The molecule has 0 amide bonds. The van der Waals surface area contributed by atoms with Gasteiger partial charge in [0.05, 0.1) is 18.6 Å². The van der Waals surface area contributed by atoms with E-state index in [4.69, 9.17) is 0 Å². The molecular weight excluding hydrogens is 380 g/mol. The van der Waals surface area contributed by atoms with Crippen LogP contribution in [0.1, 0.15) is 89.0 Å². The van der Waals surface area contributed by atoms with Gasteiger partial charge in [0.2, 0.25) is 0 Å². The summed E-state index contributed by atoms with van der Waals surface area (Å²) in [5.74, 6) is 1.63. The third kappa shape index (κ3) is 9.70. The molecule has 1 atom stereocenters. The molecule has 1 unspecified atom stereocenters. The van der Waals surface area contributed by atoms with E-state index in [1.165, 1.54) is 63.1 Å². The molecule has 0 radical (unpaired) electrons. The zero-order chi connectivity index (χ0) is 24.2. The smallest absolute Gasteiger partial charge is 0.109 e. The number of piperidine rings is 1. The molecular formula is C27H61N4+. The van der Waals surface area contributed by atoms with E-state index in [2.05, 4.69) is 70.6 Å². The maximum absolute atomic E-state index is 3.35. The van der Waals surface area contributed by atoms with E-state index in [1.54, 1.807) is 0 Å². The monoisotopic (exact) mass is 441 g/mol. The van der Waals surface area contributed by atoms with E-state index in [0.717, 1.165) is 36.0 Å². The minimum absolute atomic E-state index is 0.772. The quantitative estimate of drug-likeness (QED) is 0.562. The highest BCUT2D eigenvalue weighted by Crippen LogP contribution is 2.36. The molecule has 4 fully saturated rings. The van der Waals surface area contributed by atoms with E-state index in [1.807, 2.05) is 27.7 Å². The van der Waals surface area contributed by atoms with Crippen molar-refractivity contribution in [2.24, 2.45) is 11.8 Å². The van der Waals surface area contributed by atoms with Crippen molar-refractivity contribution < 1.29 is 4.48 Å². The van der Waals surface area contributed by atoms with Crippen molar-refractivity contribution in [3.05, 3.63) is 0 Å². The van der Waals surface area contributed by atoms with Crippen LogP contribution in [0.5, 0.6) is 0 Å². The lowest BCUT2D eigenvalue weighted by Gasteiger charge is -2.63. The number of nitrogens with one attached hydrogen (secondary N) is 1. The first-order chi connectivity index (χ1) is 14.7. The fourth-order valence-electron chi connectivity index (χ4n) is 5.44. The number of piperazine rings is 2. The van der Waals surface area contributed by atoms with Gasteiger partial charge in [0.1, 0.15) is 19.1 Å². The van der Waals surface area contributed by atoms with Gasteiger partial charge in [0.25, 0.3) is 0 Å². The number of hydrogen-bond acceptors (Lipinski definition) is 3. The summed E-state index contributed by atoms with van der Waals surface area (Å²) >= 11 is 0. The van der Waals surface area contributed by atoms with Crippen molar-refractivity contribution in [3.63, 3.8) is 0 Å². The molecule has 4 aliphatic rings. The van der Waals surface area contributed by atoms with Gasteiger partial charge in [-0.25, -0.2) is 0 Å². The first kappa shape index (κ1) is 30.8. The fraction of sp³-hybridized carbons (Fsp3) is 1.00. The van der Waals surface area contributed by atoms with Crippen molar-refractivity contribution in [1.82, 2.24) is 15.1 Å². The summed E-state index contributed by atoms with van der Waals surface area (Å²) in [5, 5.41) is 3.35. The first-order valence-corrected chi connectivity index (χ1v) is 13.7. The Hall–Kier alpha value is -0.160. The van der Waals surface area contributed by atoms with Crippen molar-refractivity contribution in [3.8, 4) is 0 Å². The molecule has 0 spiro atoms. The average molecular weight is 442 g/mol. The van der Waals surface area contributed by atoms with Gasteiger partial charge < -0.3 is 14.7 Å². The third-order valence-electron chi connectivity index (χ3n) is 7.10. The van der Waals surface area contributed by atoms with Crippen LogP contribution in [0.25, 0.3) is 0 Å². The Kier molecular flexibility index (Phi) is 15.6. The Labute approximate surface area is 197 Å². The van der Waals surface area contributed by atoms with Crippen molar-refractivity contribution >= 4 is 0 Å². The highest BCUT2D eigenvalue weighted by molar-refractivity contribution is 4.90. The molecule has 0 saturated carbocycles. The Morgan fingerprint density at radius 3 is 1.65 bits per heavy atom. The molecule has 4 rings (SSSR count). The summed E-state index contributed by atoms with van der Waals surface area (Å²) in [5.41, 5.74) is 0. The molecule has 0 aromatic heterocycles. The van der Waals surface area contributed by atoms with Gasteiger partial charge in [0, 0.05) is 19.1 Å². The van der Waals surface area contributed by atoms with Crippen LogP contribution in [0.2, 0.25) is 0 Å². The van der Waals surface area contributed by atoms with Gasteiger partial charge in [-0.15, -0.1) is 0 Å². The number of likely N-dealkylation sites (tertiary alicyclic amines) is 1. The van der Waals surface area contributed by atoms with Gasteiger partial charge in [0.15, 0.2) is 0 Å². The Morgan fingerprint density at radius 2 is 1.29 bits per heavy atom. The number of hydrogen-bond donors (Lipinski definition) is 1. The number of nitrogens with zero attached hydrogens (tertiary/aromatic N) is 3. The lowest BCUT2D eigenvalue weighted by molar-refractivity contribution is -0.998. The summed E-state index contributed by atoms with van der Waals surface area (Å²) in [6.45, 7) is 33.8. The summed E-state index contributed by atoms with van der Waals surface area (Å²) in [7, 11) is 2.07. The van der Waals surface area contributed by atoms with E-state index >= 15 is 0 Å². The highest BCUT2D eigenvalue weighted by atomic mass is 15.5. The molecule has 0 aromatic rings. The van der Waals surface area contributed by atoms with Crippen LogP contribution in [0.4, 0.5) is 0 Å². The summed E-state index contributed by atoms with van der Waals surface area (Å²) in [6.07, 6.45) is 2.65. The van der Waals surface area contributed by atoms with Crippen LogP contribution in [0.15, 0.2) is 0 Å². The molecule has 0 aliphatic carbocycles. The normalized spacial score (nSPS) is 28.7. The van der Waals surface area contributed by atoms with Crippen molar-refractivity contribution in [1.29, 1.82) is 0 Å². The molecule has 4 aliphatic heterocycles. The van der Waals surface area contributed by atoms with Crippen LogP contribution in [-0.4, -0.2) is 91.3 Å². The zero-order valence-electron chi connectivity index (χ0n) is 23.7. The standard InChI is InChI=1S/C13H27N2.C10H22N2.2C2H6/c1-10(2)6-14-12(5)7-15(11(3)4)8-13(14)9-15;1-9(2)8-12-6-4-10(11-3)5-7-12;2*1-2/h10-13H,6-9H2,1-5H3;9-11H,4-8H2,1-3H3;2*1-2H3/q+1;;;. The number of rotatable bonds is 6. The predicted octanol–water partition coefficient (Wildman–Crippen LogP) is 5.33. The first-order valence-electron chi connectivity index (χ1n) is 13.7. The molecule has 4 heteroatoms. The topological polar surface area (TPSA) is 18.5 Å². The maximum atomic E-state index is 3.35. The second-order valence-corrected chi connectivity index (χ2v) is 10.7. The van der Waals surface area contributed by atoms with Gasteiger partial charge in [-0.2, -0.15) is 0 Å². The highest BCUT2D eigenvalue weighted by Gasteiger charge is 2.55. The minimum atomic E-state index is 0.772. The molecule has 188 valence electrons. The summed E-state index contributed by atoms with van der Waals surface area (Å²) in [6, 6.07) is 3.28. The lowest BCUT2D eigenvalue weighted by atomic mass is 9.89. The Balaban J connectivity index is 0.000000510. The van der Waals surface area contributed by atoms with E-state index in [0.29, 0.717) is 0 Å². The minimum Gasteiger partial charge on any atom is -0.317 e. The zero-order valence-corrected chi connectivity index (χ0v) is 23.7. The van der Waals surface area contributed by atoms with E-state index < -0.39 is 0 Å². The van der Waals surface area contributed by atoms with Crippen molar-refractivity contribution in [2.45, 2.75) is 113 Å². The second kappa shape index (κ2) is 15.6. The number of quaternary nitrogens is 1. The van der Waals surface area contributed by atoms with Gasteiger partial charge in [-0.05, 0) is 65.6 Å². The fourth-order valence-corrected chi connectivity index (χ4v) is 5.44. The summed E-state index contributed by atoms with van der Waals surface area (Å²) < 4.78 is 1.39. The van der Waals surface area contributed by atoms with Crippen LogP contribution in [0.3, 0.4) is 0 Å². The van der Waals surface area contributed by atoms with Crippen molar-refractivity contribution in [2.75, 3.05) is 52.9 Å². The third-order valence-corrected chi connectivity index (χ3v) is 7.10. The average Bonchev–Trinajstić information content (AvgIpc) is 2.71. The van der Waals surface area contributed by atoms with E-state index in [9.17, 15) is 0 Å². The van der Waals surface area contributed by atoms with Crippen LogP contribution in [0, 0.1) is 11.8 Å². The molecule has 1 N–H and O–H groups in total. The molecule has 0 aromatic carbocycles. The second-order valence-electron chi connectivity index (χ2n) is 10.7. The molecule has 4 heterocycles. The maximum Gasteiger partial charge on any atom is 0.109 e. The molecule has 4 saturated heterocycles. The van der Waals surface area contributed by atoms with Crippen LogP contribution in [-0.2, 0) is 0 Å². The van der Waals surface area contributed by atoms with Crippen LogP contribution < -0.4 is 5.32 Å².